The lowest BCUT2D eigenvalue weighted by atomic mass is 9.67. The number of hydrogen-bond acceptors (Lipinski definition) is 1. The van der Waals surface area contributed by atoms with Gasteiger partial charge < -0.3 is 0 Å². The predicted molar refractivity (Wildman–Crippen MR) is 54.3 cm³/mol. The zero-order chi connectivity index (χ0) is 10.1. The third kappa shape index (κ3) is 1.66. The normalized spacial score (nSPS) is 29.7. The van der Waals surface area contributed by atoms with Crippen LogP contribution in [-0.4, -0.2) is 6.54 Å². The van der Waals surface area contributed by atoms with E-state index in [1.165, 1.54) is 12.8 Å². The van der Waals surface area contributed by atoms with Crippen LogP contribution in [0, 0.1) is 16.7 Å². The molecule has 13 heavy (non-hydrogen) atoms. The first-order valence-corrected chi connectivity index (χ1v) is 4.92. The van der Waals surface area contributed by atoms with Crippen molar-refractivity contribution in [2.24, 2.45) is 21.9 Å². The highest BCUT2D eigenvalue weighted by Gasteiger charge is 2.47. The molecule has 0 radical (unpaired) electrons. The fourth-order valence-corrected chi connectivity index (χ4v) is 2.23. The van der Waals surface area contributed by atoms with Gasteiger partial charge in [0, 0.05) is 11.5 Å². The van der Waals surface area contributed by atoms with Gasteiger partial charge in [-0.15, -0.1) is 0 Å². The van der Waals surface area contributed by atoms with E-state index in [0.717, 1.165) is 0 Å². The van der Waals surface area contributed by atoms with Gasteiger partial charge >= 0.3 is 0 Å². The van der Waals surface area contributed by atoms with Gasteiger partial charge in [0.05, 0.1) is 0 Å². The highest BCUT2D eigenvalue weighted by molar-refractivity contribution is 4.98. The SMILES string of the molecule is CC1(C)CC[C@@H](CN=[N+]=[N-])C1(C)C. The standard InChI is InChI=1S/C10H19N3/c1-9(2)6-5-8(7-12-13-11)10(9,3)4/h8H,5-7H2,1-4H3/t8-/m0/s1. The molecule has 0 N–H and O–H groups in total. The number of nitrogens with zero attached hydrogens (tertiary/aromatic N) is 3. The predicted octanol–water partition coefficient (Wildman–Crippen LogP) is 3.76. The molecule has 0 heterocycles. The maximum absolute atomic E-state index is 8.29. The minimum Gasteiger partial charge on any atom is -0.0937 e. The van der Waals surface area contributed by atoms with Crippen molar-refractivity contribution in [3.05, 3.63) is 10.4 Å². The smallest absolute Gasteiger partial charge is 0.0291 e. The fraction of sp³-hybridized carbons (Fsp3) is 1.00. The Labute approximate surface area is 80.2 Å². The topological polar surface area (TPSA) is 48.8 Å². The zero-order valence-electron chi connectivity index (χ0n) is 9.04. The molecular weight excluding hydrogens is 162 g/mol. The molecule has 0 unspecified atom stereocenters. The van der Waals surface area contributed by atoms with Crippen LogP contribution in [0.1, 0.15) is 40.5 Å². The molecule has 1 fully saturated rings. The molecule has 1 saturated carbocycles. The van der Waals surface area contributed by atoms with Crippen molar-refractivity contribution in [3.63, 3.8) is 0 Å². The van der Waals surface area contributed by atoms with Gasteiger partial charge in [-0.2, -0.15) is 0 Å². The summed E-state index contributed by atoms with van der Waals surface area (Å²) in [5.74, 6) is 0.554. The summed E-state index contributed by atoms with van der Waals surface area (Å²) >= 11 is 0. The molecule has 0 bridgehead atoms. The molecule has 0 amide bonds. The Morgan fingerprint density at radius 2 is 2.00 bits per heavy atom. The van der Waals surface area contributed by atoms with Crippen molar-refractivity contribution in [1.82, 2.24) is 0 Å². The molecule has 0 aromatic heterocycles. The van der Waals surface area contributed by atoms with E-state index >= 15 is 0 Å². The van der Waals surface area contributed by atoms with Crippen LogP contribution in [0.4, 0.5) is 0 Å². The highest BCUT2D eigenvalue weighted by Crippen LogP contribution is 2.55. The van der Waals surface area contributed by atoms with E-state index in [9.17, 15) is 0 Å². The summed E-state index contributed by atoms with van der Waals surface area (Å²) in [5, 5.41) is 3.70. The largest absolute Gasteiger partial charge is 0.0937 e. The third-order valence-corrected chi connectivity index (χ3v) is 4.25. The van der Waals surface area contributed by atoms with Crippen molar-refractivity contribution >= 4 is 0 Å². The quantitative estimate of drug-likeness (QED) is 0.354. The molecule has 0 aliphatic heterocycles. The highest BCUT2D eigenvalue weighted by atomic mass is 15.1. The molecule has 0 saturated heterocycles. The van der Waals surface area contributed by atoms with Crippen molar-refractivity contribution in [1.29, 1.82) is 0 Å². The molecule has 1 aliphatic carbocycles. The Hall–Kier alpha value is -0.690. The lowest BCUT2D eigenvalue weighted by Crippen LogP contribution is -2.32. The minimum absolute atomic E-state index is 0.293. The summed E-state index contributed by atoms with van der Waals surface area (Å²) in [5.41, 5.74) is 8.96. The van der Waals surface area contributed by atoms with Gasteiger partial charge in [0.25, 0.3) is 0 Å². The first-order chi connectivity index (χ1) is 5.92. The summed E-state index contributed by atoms with van der Waals surface area (Å²) in [4.78, 5) is 2.84. The molecule has 1 rings (SSSR count). The van der Waals surface area contributed by atoms with Gasteiger partial charge in [-0.05, 0) is 35.1 Å². The first-order valence-electron chi connectivity index (χ1n) is 4.92. The van der Waals surface area contributed by atoms with E-state index in [-0.39, 0.29) is 0 Å². The Kier molecular flexibility index (Phi) is 2.58. The number of rotatable bonds is 2. The van der Waals surface area contributed by atoms with Crippen LogP contribution < -0.4 is 0 Å². The number of azide groups is 1. The van der Waals surface area contributed by atoms with Gasteiger partial charge in [0.2, 0.25) is 0 Å². The first kappa shape index (κ1) is 10.4. The Morgan fingerprint density at radius 1 is 1.38 bits per heavy atom. The molecule has 1 atom stereocenters. The summed E-state index contributed by atoms with van der Waals surface area (Å²) in [6.07, 6.45) is 2.44. The summed E-state index contributed by atoms with van der Waals surface area (Å²) in [6.45, 7) is 9.86. The monoisotopic (exact) mass is 181 g/mol. The van der Waals surface area contributed by atoms with Crippen molar-refractivity contribution in [2.45, 2.75) is 40.5 Å². The summed E-state index contributed by atoms with van der Waals surface area (Å²) in [6, 6.07) is 0. The maximum atomic E-state index is 8.29. The van der Waals surface area contributed by atoms with Crippen molar-refractivity contribution < 1.29 is 0 Å². The molecule has 0 aromatic rings. The maximum Gasteiger partial charge on any atom is 0.0291 e. The van der Waals surface area contributed by atoms with Gasteiger partial charge in [-0.3, -0.25) is 0 Å². The lowest BCUT2D eigenvalue weighted by Gasteiger charge is -2.38. The van der Waals surface area contributed by atoms with Crippen LogP contribution in [0.15, 0.2) is 5.11 Å². The molecule has 0 spiro atoms. The Bertz CT molecular complexity index is 237. The van der Waals surface area contributed by atoms with Crippen LogP contribution in [0.3, 0.4) is 0 Å². The van der Waals surface area contributed by atoms with Gasteiger partial charge in [-0.1, -0.05) is 32.8 Å². The molecule has 74 valence electrons. The third-order valence-electron chi connectivity index (χ3n) is 4.25. The second kappa shape index (κ2) is 3.22. The van der Waals surface area contributed by atoms with Crippen molar-refractivity contribution in [2.75, 3.05) is 6.54 Å². The van der Waals surface area contributed by atoms with E-state index in [4.69, 9.17) is 5.53 Å². The fourth-order valence-electron chi connectivity index (χ4n) is 2.23. The van der Waals surface area contributed by atoms with Gasteiger partial charge in [-0.25, -0.2) is 0 Å². The molecule has 3 heteroatoms. The lowest BCUT2D eigenvalue weighted by molar-refractivity contribution is 0.111. The van der Waals surface area contributed by atoms with E-state index in [1.807, 2.05) is 0 Å². The summed E-state index contributed by atoms with van der Waals surface area (Å²) < 4.78 is 0. The van der Waals surface area contributed by atoms with Crippen LogP contribution in [0.2, 0.25) is 0 Å². The zero-order valence-corrected chi connectivity index (χ0v) is 9.04. The second-order valence-corrected chi connectivity index (χ2v) is 5.25. The van der Waals surface area contributed by atoms with E-state index in [2.05, 4.69) is 37.7 Å². The Morgan fingerprint density at radius 3 is 2.38 bits per heavy atom. The molecule has 1 aliphatic rings. The average molecular weight is 181 g/mol. The van der Waals surface area contributed by atoms with E-state index in [0.29, 0.717) is 23.3 Å². The van der Waals surface area contributed by atoms with Gasteiger partial charge in [0.1, 0.15) is 0 Å². The van der Waals surface area contributed by atoms with Crippen LogP contribution in [0.25, 0.3) is 10.4 Å². The van der Waals surface area contributed by atoms with E-state index in [1.54, 1.807) is 0 Å². The Balaban J connectivity index is 2.75. The van der Waals surface area contributed by atoms with Gasteiger partial charge in [0.15, 0.2) is 0 Å². The summed E-state index contributed by atoms with van der Waals surface area (Å²) in [7, 11) is 0. The molecule has 0 aromatic carbocycles. The molecular formula is C10H19N3. The van der Waals surface area contributed by atoms with Crippen LogP contribution in [0.5, 0.6) is 0 Å². The van der Waals surface area contributed by atoms with E-state index < -0.39 is 0 Å². The minimum atomic E-state index is 0.293. The average Bonchev–Trinajstić information content (AvgIpc) is 2.21. The van der Waals surface area contributed by atoms with Crippen LogP contribution >= 0.6 is 0 Å². The second-order valence-electron chi connectivity index (χ2n) is 5.25. The molecule has 3 nitrogen and oxygen atoms in total. The number of hydrogen-bond donors (Lipinski definition) is 0. The van der Waals surface area contributed by atoms with Crippen LogP contribution in [-0.2, 0) is 0 Å². The van der Waals surface area contributed by atoms with Crippen molar-refractivity contribution in [3.8, 4) is 0 Å².